The minimum Gasteiger partial charge on any atom is -0.207 e. The smallest absolute Gasteiger partial charge is 0.207 e. The third-order valence-electron chi connectivity index (χ3n) is 1.26. The van der Waals surface area contributed by atoms with Crippen LogP contribution in [0.4, 0.5) is 4.39 Å². The zero-order chi connectivity index (χ0) is 10.2. The summed E-state index contributed by atoms with van der Waals surface area (Å²) < 4.78 is 35.1. The normalized spacial score (nSPS) is 11.7. The van der Waals surface area contributed by atoms with E-state index in [4.69, 9.17) is 10.7 Å². The van der Waals surface area contributed by atoms with Gasteiger partial charge in [0.2, 0.25) is 0 Å². The Morgan fingerprint density at radius 3 is 2.46 bits per heavy atom. The van der Waals surface area contributed by atoms with Crippen LogP contribution >= 0.6 is 49.2 Å². The first-order chi connectivity index (χ1) is 5.84. The predicted molar refractivity (Wildman–Crippen MR) is 59.9 cm³/mol. The maximum Gasteiger partial charge on any atom is 0.262 e. The van der Waals surface area contributed by atoms with Gasteiger partial charge in [0.1, 0.15) is 0 Å². The Balaban J connectivity index is 3.53. The van der Waals surface area contributed by atoms with E-state index in [1.807, 2.05) is 0 Å². The number of benzene rings is 1. The van der Waals surface area contributed by atoms with E-state index in [0.717, 1.165) is 0 Å². The van der Waals surface area contributed by atoms with Gasteiger partial charge >= 0.3 is 0 Å². The van der Waals surface area contributed by atoms with Gasteiger partial charge in [0.05, 0.1) is 12.9 Å². The van der Waals surface area contributed by atoms with E-state index in [1.54, 1.807) is 22.6 Å². The Kier molecular flexibility index (Phi) is 3.59. The zero-order valence-corrected chi connectivity index (χ0v) is 11.2. The molecule has 72 valence electrons. The van der Waals surface area contributed by atoms with Crippen molar-refractivity contribution in [3.05, 3.63) is 26.0 Å². The Morgan fingerprint density at radius 1 is 1.46 bits per heavy atom. The van der Waals surface area contributed by atoms with Crippen molar-refractivity contribution in [2.45, 2.75) is 4.90 Å². The molecule has 1 rings (SSSR count). The van der Waals surface area contributed by atoms with Crippen LogP contribution in [-0.4, -0.2) is 8.42 Å². The number of halogens is 4. The molecule has 0 aromatic heterocycles. The Hall–Kier alpha value is 0.600. The van der Waals surface area contributed by atoms with E-state index < -0.39 is 14.9 Å². The molecule has 0 heterocycles. The fourth-order valence-electron chi connectivity index (χ4n) is 0.696. The highest BCUT2D eigenvalue weighted by atomic mass is 127. The van der Waals surface area contributed by atoms with Crippen LogP contribution in [0.25, 0.3) is 0 Å². The number of hydrogen-bond donors (Lipinski definition) is 0. The van der Waals surface area contributed by atoms with E-state index in [0.29, 0.717) is 0 Å². The lowest BCUT2D eigenvalue weighted by Gasteiger charge is -2.02. The summed E-state index contributed by atoms with van der Waals surface area (Å²) in [6.07, 6.45) is 0. The molecule has 7 heteroatoms. The van der Waals surface area contributed by atoms with Crippen LogP contribution in [0, 0.1) is 9.39 Å². The summed E-state index contributed by atoms with van der Waals surface area (Å²) in [5.74, 6) is -0.623. The molecule has 0 amide bonds. The average Bonchev–Trinajstić information content (AvgIpc) is 1.98. The minimum absolute atomic E-state index is 0.0121. The number of rotatable bonds is 1. The lowest BCUT2D eigenvalue weighted by Crippen LogP contribution is -1.97. The molecule has 0 fully saturated rings. The highest BCUT2D eigenvalue weighted by Crippen LogP contribution is 2.28. The molecule has 0 saturated heterocycles. The molecule has 1 aromatic rings. The van der Waals surface area contributed by atoms with Crippen LogP contribution in [0.5, 0.6) is 0 Å². The van der Waals surface area contributed by atoms with Crippen molar-refractivity contribution in [3.8, 4) is 0 Å². The van der Waals surface area contributed by atoms with Crippen molar-refractivity contribution >= 4 is 58.3 Å². The maximum atomic E-state index is 13.1. The zero-order valence-electron chi connectivity index (χ0n) is 5.89. The van der Waals surface area contributed by atoms with Gasteiger partial charge in [-0.1, -0.05) is 0 Å². The lowest BCUT2D eigenvalue weighted by molar-refractivity contribution is 0.594. The average molecular weight is 399 g/mol. The van der Waals surface area contributed by atoms with E-state index in [9.17, 15) is 12.8 Å². The lowest BCUT2D eigenvalue weighted by atomic mass is 10.3. The second-order valence-corrected chi connectivity index (χ2v) is 6.58. The molecular weight excluding hydrogens is 397 g/mol. The monoisotopic (exact) mass is 398 g/mol. The summed E-state index contributed by atoms with van der Waals surface area (Å²) in [5, 5.41) is 0. The summed E-state index contributed by atoms with van der Waals surface area (Å²) >= 11 is 4.52. The molecule has 13 heavy (non-hydrogen) atoms. The summed E-state index contributed by atoms with van der Waals surface area (Å²) in [4.78, 5) is -0.213. The van der Waals surface area contributed by atoms with E-state index in [2.05, 4.69) is 15.9 Å². The van der Waals surface area contributed by atoms with Gasteiger partial charge in [-0.05, 0) is 50.7 Å². The Labute approximate surface area is 101 Å². The first kappa shape index (κ1) is 11.7. The Bertz CT molecular complexity index is 448. The van der Waals surface area contributed by atoms with Crippen molar-refractivity contribution in [1.82, 2.24) is 0 Å². The van der Waals surface area contributed by atoms with Crippen LogP contribution in [0.3, 0.4) is 0 Å². The molecule has 0 aliphatic rings. The van der Waals surface area contributed by atoms with Crippen molar-refractivity contribution in [2.75, 3.05) is 0 Å². The second kappa shape index (κ2) is 4.00. The van der Waals surface area contributed by atoms with Crippen LogP contribution in [-0.2, 0) is 9.05 Å². The van der Waals surface area contributed by atoms with Gasteiger partial charge in [-0.25, -0.2) is 12.8 Å². The minimum atomic E-state index is -3.87. The van der Waals surface area contributed by atoms with Crippen molar-refractivity contribution in [1.29, 1.82) is 0 Å². The maximum absolute atomic E-state index is 13.1. The van der Waals surface area contributed by atoms with Gasteiger partial charge < -0.3 is 0 Å². The third kappa shape index (κ3) is 2.54. The molecule has 0 radical (unpaired) electrons. The van der Waals surface area contributed by atoms with Gasteiger partial charge in [0.25, 0.3) is 9.05 Å². The fourth-order valence-corrected chi connectivity index (χ4v) is 4.05. The second-order valence-electron chi connectivity index (χ2n) is 2.11. The molecule has 0 unspecified atom stereocenters. The van der Waals surface area contributed by atoms with Gasteiger partial charge in [-0.2, -0.15) is 0 Å². The molecule has 0 aliphatic heterocycles. The highest BCUT2D eigenvalue weighted by molar-refractivity contribution is 14.1. The fraction of sp³-hybridized carbons (Fsp3) is 0. The summed E-state index contributed by atoms with van der Waals surface area (Å²) in [5.41, 5.74) is 0. The first-order valence-electron chi connectivity index (χ1n) is 2.92. The molecule has 0 atom stereocenters. The topological polar surface area (TPSA) is 34.1 Å². The van der Waals surface area contributed by atoms with Crippen LogP contribution in [0.15, 0.2) is 21.5 Å². The molecule has 0 N–H and O–H groups in total. The molecule has 1 aromatic carbocycles. The molecule has 0 aliphatic carbocycles. The summed E-state index contributed by atoms with van der Waals surface area (Å²) in [6, 6.07) is 2.55. The summed E-state index contributed by atoms with van der Waals surface area (Å²) in [6.45, 7) is 0. The molecule has 0 spiro atoms. The largest absolute Gasteiger partial charge is 0.262 e. The van der Waals surface area contributed by atoms with Crippen LogP contribution in [0.2, 0.25) is 0 Å². The van der Waals surface area contributed by atoms with E-state index in [-0.39, 0.29) is 12.9 Å². The van der Waals surface area contributed by atoms with Gasteiger partial charge in [0.15, 0.2) is 5.82 Å². The van der Waals surface area contributed by atoms with Crippen molar-refractivity contribution in [3.63, 3.8) is 0 Å². The van der Waals surface area contributed by atoms with Gasteiger partial charge in [-0.3, -0.25) is 0 Å². The molecule has 0 saturated carbocycles. The predicted octanol–water partition coefficient (Wildman–Crippen LogP) is 3.12. The van der Waals surface area contributed by atoms with Crippen molar-refractivity contribution < 1.29 is 12.8 Å². The molecule has 0 bridgehead atoms. The standard InChI is InChI=1S/C6H2BrClFIO2S/c7-3-1-2-4(13(8,11)12)6(10)5(3)9/h1-2H. The van der Waals surface area contributed by atoms with Crippen LogP contribution in [0.1, 0.15) is 0 Å². The van der Waals surface area contributed by atoms with E-state index >= 15 is 0 Å². The quantitative estimate of drug-likeness (QED) is 0.413. The molecular formula is C6H2BrClFIO2S. The van der Waals surface area contributed by atoms with Crippen LogP contribution < -0.4 is 0 Å². The Morgan fingerprint density at radius 2 is 2.00 bits per heavy atom. The first-order valence-corrected chi connectivity index (χ1v) is 7.10. The number of hydrogen-bond acceptors (Lipinski definition) is 2. The molecule has 2 nitrogen and oxygen atoms in total. The summed E-state index contributed by atoms with van der Waals surface area (Å²) in [7, 11) is 1.20. The third-order valence-corrected chi connectivity index (χ3v) is 4.66. The van der Waals surface area contributed by atoms with Gasteiger partial charge in [0, 0.05) is 10.7 Å². The van der Waals surface area contributed by atoms with Gasteiger partial charge in [-0.15, -0.1) is 0 Å². The van der Waals surface area contributed by atoms with Crippen molar-refractivity contribution in [2.24, 2.45) is 0 Å². The SMILES string of the molecule is O=S(=O)(Cl)c1ccc(Br)c(F)c1I. The highest BCUT2D eigenvalue weighted by Gasteiger charge is 2.18. The van der Waals surface area contributed by atoms with E-state index in [1.165, 1.54) is 12.1 Å².